The van der Waals surface area contributed by atoms with Crippen LogP contribution in [0.15, 0.2) is 11.5 Å². The third-order valence-electron chi connectivity index (χ3n) is 5.26. The Labute approximate surface area is 129 Å². The van der Waals surface area contributed by atoms with E-state index in [2.05, 4.69) is 20.8 Å². The zero-order valence-corrected chi connectivity index (χ0v) is 14.6. The van der Waals surface area contributed by atoms with Crippen molar-refractivity contribution in [3.05, 3.63) is 11.5 Å². The summed E-state index contributed by atoms with van der Waals surface area (Å²) in [4.78, 5) is 12.4. The van der Waals surface area contributed by atoms with Gasteiger partial charge >= 0.3 is 7.12 Å². The van der Waals surface area contributed by atoms with Crippen LogP contribution in [0.2, 0.25) is 0 Å². The van der Waals surface area contributed by atoms with Gasteiger partial charge in [0.15, 0.2) is 5.78 Å². The fourth-order valence-corrected chi connectivity index (χ4v) is 3.24. The lowest BCUT2D eigenvalue weighted by molar-refractivity contribution is -0.119. The quantitative estimate of drug-likeness (QED) is 0.723. The number of allylic oxidation sites excluding steroid dienone is 2. The van der Waals surface area contributed by atoms with Crippen molar-refractivity contribution in [2.24, 2.45) is 11.3 Å². The molecule has 1 unspecified atom stereocenters. The Morgan fingerprint density at radius 3 is 2.14 bits per heavy atom. The van der Waals surface area contributed by atoms with E-state index in [4.69, 9.17) is 9.31 Å². The van der Waals surface area contributed by atoms with Crippen molar-refractivity contribution in [3.8, 4) is 0 Å². The van der Waals surface area contributed by atoms with E-state index in [0.717, 1.165) is 24.7 Å². The molecule has 21 heavy (non-hydrogen) atoms. The molecule has 1 aliphatic heterocycles. The minimum absolute atomic E-state index is 0.0995. The molecular weight excluding hydrogens is 263 g/mol. The molecular formula is C17H29BO3. The van der Waals surface area contributed by atoms with Crippen LogP contribution in [0, 0.1) is 11.3 Å². The first-order valence-electron chi connectivity index (χ1n) is 8.07. The maximum absolute atomic E-state index is 12.4. The molecule has 0 aromatic heterocycles. The smallest absolute Gasteiger partial charge is 0.400 e. The monoisotopic (exact) mass is 292 g/mol. The Morgan fingerprint density at radius 2 is 1.67 bits per heavy atom. The third-order valence-corrected chi connectivity index (χ3v) is 5.26. The minimum Gasteiger partial charge on any atom is -0.400 e. The summed E-state index contributed by atoms with van der Waals surface area (Å²) in [5, 5.41) is 0. The largest absolute Gasteiger partial charge is 0.490 e. The summed E-state index contributed by atoms with van der Waals surface area (Å²) >= 11 is 0. The molecule has 0 amide bonds. The van der Waals surface area contributed by atoms with Crippen molar-refractivity contribution in [2.75, 3.05) is 0 Å². The van der Waals surface area contributed by atoms with Gasteiger partial charge in [-0.3, -0.25) is 4.79 Å². The number of hydrogen-bond acceptors (Lipinski definition) is 3. The molecule has 0 aromatic rings. The zero-order valence-electron chi connectivity index (χ0n) is 14.6. The van der Waals surface area contributed by atoms with Gasteiger partial charge in [0.2, 0.25) is 0 Å². The second kappa shape index (κ2) is 5.24. The molecule has 1 atom stereocenters. The van der Waals surface area contributed by atoms with Crippen LogP contribution < -0.4 is 0 Å². The van der Waals surface area contributed by atoms with E-state index in [1.807, 2.05) is 27.7 Å². The number of carbonyl (C=O) groups is 1. The molecule has 4 heteroatoms. The van der Waals surface area contributed by atoms with Gasteiger partial charge in [0, 0.05) is 5.92 Å². The Kier molecular flexibility index (Phi) is 4.18. The number of hydrogen-bond donors (Lipinski definition) is 0. The zero-order chi connectivity index (χ0) is 16.1. The SMILES string of the molecule is CCC1CC(C)(C)CC(B2OC(C)(C)C(C)(C)O2)=CC1=O. The molecule has 0 aromatic carbocycles. The molecule has 1 aliphatic carbocycles. The first-order chi connectivity index (χ1) is 9.47. The molecule has 2 aliphatic rings. The maximum Gasteiger partial charge on any atom is 0.490 e. The van der Waals surface area contributed by atoms with Crippen molar-refractivity contribution in [1.82, 2.24) is 0 Å². The van der Waals surface area contributed by atoms with Crippen LogP contribution in [0.1, 0.15) is 67.7 Å². The first-order valence-corrected chi connectivity index (χ1v) is 8.07. The van der Waals surface area contributed by atoms with Crippen LogP contribution in [0.5, 0.6) is 0 Å². The molecule has 0 spiro atoms. The summed E-state index contributed by atoms with van der Waals surface area (Å²) in [6, 6.07) is 0. The van der Waals surface area contributed by atoms with Crippen LogP contribution in [-0.4, -0.2) is 24.1 Å². The molecule has 0 bridgehead atoms. The second-order valence-electron chi connectivity index (χ2n) is 8.36. The Hall–Kier alpha value is -0.605. The van der Waals surface area contributed by atoms with Crippen LogP contribution >= 0.6 is 0 Å². The van der Waals surface area contributed by atoms with E-state index < -0.39 is 7.12 Å². The maximum atomic E-state index is 12.4. The predicted octanol–water partition coefficient (Wildman–Crippen LogP) is 3.96. The molecule has 0 N–H and O–H groups in total. The van der Waals surface area contributed by atoms with E-state index in [-0.39, 0.29) is 28.3 Å². The van der Waals surface area contributed by atoms with E-state index in [1.54, 1.807) is 6.08 Å². The van der Waals surface area contributed by atoms with Crippen LogP contribution in [0.4, 0.5) is 0 Å². The average molecular weight is 292 g/mol. The van der Waals surface area contributed by atoms with Crippen molar-refractivity contribution in [3.63, 3.8) is 0 Å². The van der Waals surface area contributed by atoms with Crippen molar-refractivity contribution in [1.29, 1.82) is 0 Å². The molecule has 118 valence electrons. The fraction of sp³-hybridized carbons (Fsp3) is 0.824. The van der Waals surface area contributed by atoms with E-state index in [1.165, 1.54) is 0 Å². The van der Waals surface area contributed by atoms with Crippen molar-refractivity contribution in [2.45, 2.75) is 78.9 Å². The van der Waals surface area contributed by atoms with Gasteiger partial charge in [0.1, 0.15) is 0 Å². The van der Waals surface area contributed by atoms with Gasteiger partial charge in [-0.25, -0.2) is 0 Å². The molecule has 1 fully saturated rings. The molecule has 1 saturated heterocycles. The standard InChI is InChI=1S/C17H29BO3/c1-8-12-10-15(2,3)11-13(9-14(12)19)18-20-16(4,5)17(6,7)21-18/h9,12H,8,10-11H2,1-7H3. The average Bonchev–Trinajstić information content (AvgIpc) is 2.46. The highest BCUT2D eigenvalue weighted by molar-refractivity contribution is 6.55. The number of rotatable bonds is 2. The van der Waals surface area contributed by atoms with Crippen molar-refractivity contribution < 1.29 is 14.1 Å². The predicted molar refractivity (Wildman–Crippen MR) is 86.0 cm³/mol. The molecule has 2 rings (SSSR count). The number of carbonyl (C=O) groups excluding carboxylic acids is 1. The first kappa shape index (κ1) is 16.8. The van der Waals surface area contributed by atoms with E-state index in [9.17, 15) is 4.79 Å². The minimum atomic E-state index is -0.395. The number of ketones is 1. The summed E-state index contributed by atoms with van der Waals surface area (Å²) < 4.78 is 12.3. The normalized spacial score (nSPS) is 31.0. The molecule has 1 heterocycles. The van der Waals surface area contributed by atoms with Gasteiger partial charge in [-0.15, -0.1) is 0 Å². The highest BCUT2D eigenvalue weighted by atomic mass is 16.7. The topological polar surface area (TPSA) is 35.5 Å². The second-order valence-corrected chi connectivity index (χ2v) is 8.36. The van der Waals surface area contributed by atoms with E-state index >= 15 is 0 Å². The van der Waals surface area contributed by atoms with Gasteiger partial charge in [-0.05, 0) is 63.9 Å². The van der Waals surface area contributed by atoms with Gasteiger partial charge in [-0.2, -0.15) is 0 Å². The van der Waals surface area contributed by atoms with Gasteiger partial charge in [0.25, 0.3) is 0 Å². The third kappa shape index (κ3) is 3.27. The Balaban J connectivity index is 2.29. The lowest BCUT2D eigenvalue weighted by atomic mass is 9.69. The summed E-state index contributed by atoms with van der Waals surface area (Å²) in [7, 11) is -0.395. The molecule has 3 nitrogen and oxygen atoms in total. The van der Waals surface area contributed by atoms with Crippen molar-refractivity contribution >= 4 is 12.9 Å². The fourth-order valence-electron chi connectivity index (χ4n) is 3.24. The van der Waals surface area contributed by atoms with Gasteiger partial charge in [-0.1, -0.05) is 20.8 Å². The summed E-state index contributed by atoms with van der Waals surface area (Å²) in [5.41, 5.74) is 0.381. The van der Waals surface area contributed by atoms with Crippen LogP contribution in [0.25, 0.3) is 0 Å². The lowest BCUT2D eigenvalue weighted by Gasteiger charge is -2.32. The summed E-state index contributed by atoms with van der Waals surface area (Å²) in [6.07, 6.45) is 4.48. The lowest BCUT2D eigenvalue weighted by Crippen LogP contribution is -2.41. The van der Waals surface area contributed by atoms with Gasteiger partial charge in [0.05, 0.1) is 11.2 Å². The molecule has 0 saturated carbocycles. The van der Waals surface area contributed by atoms with Gasteiger partial charge < -0.3 is 9.31 Å². The highest BCUT2D eigenvalue weighted by Gasteiger charge is 2.53. The Bertz CT molecular complexity index is 447. The Morgan fingerprint density at radius 1 is 1.14 bits per heavy atom. The highest BCUT2D eigenvalue weighted by Crippen LogP contribution is 2.43. The summed E-state index contributed by atoms with van der Waals surface area (Å²) in [6.45, 7) is 14.7. The van der Waals surface area contributed by atoms with Crippen LogP contribution in [-0.2, 0) is 14.1 Å². The van der Waals surface area contributed by atoms with Crippen LogP contribution in [0.3, 0.4) is 0 Å². The summed E-state index contributed by atoms with van der Waals surface area (Å²) in [5.74, 6) is 0.354. The van der Waals surface area contributed by atoms with E-state index in [0.29, 0.717) is 0 Å². The molecule has 0 radical (unpaired) electrons.